The quantitative estimate of drug-likeness (QED) is 0.678. The standard InChI is InChI=1S/C9H10N2S/c1-2-10-9(12)11-8-6-4-3-5-7-8/h2-7H,1H2,(H2,10,11,12). The molecule has 3 heteroatoms. The van der Waals surface area contributed by atoms with Crippen LogP contribution in [0.3, 0.4) is 0 Å². The molecule has 1 aromatic rings. The van der Waals surface area contributed by atoms with Crippen LogP contribution in [0.4, 0.5) is 5.69 Å². The highest BCUT2D eigenvalue weighted by Gasteiger charge is 1.91. The highest BCUT2D eigenvalue weighted by Crippen LogP contribution is 2.03. The van der Waals surface area contributed by atoms with Crippen molar-refractivity contribution in [1.82, 2.24) is 5.32 Å². The van der Waals surface area contributed by atoms with E-state index in [4.69, 9.17) is 12.2 Å². The van der Waals surface area contributed by atoms with Crippen LogP contribution in [0.15, 0.2) is 43.1 Å². The molecule has 2 N–H and O–H groups in total. The van der Waals surface area contributed by atoms with Gasteiger partial charge in [-0.3, -0.25) is 0 Å². The Kier molecular flexibility index (Phi) is 3.29. The van der Waals surface area contributed by atoms with E-state index in [1.807, 2.05) is 30.3 Å². The van der Waals surface area contributed by atoms with Crippen molar-refractivity contribution in [3.8, 4) is 0 Å². The molecule has 0 spiro atoms. The number of nitrogens with one attached hydrogen (secondary N) is 2. The predicted octanol–water partition coefficient (Wildman–Crippen LogP) is 2.12. The van der Waals surface area contributed by atoms with Crippen molar-refractivity contribution in [3.63, 3.8) is 0 Å². The Hall–Kier alpha value is -1.35. The van der Waals surface area contributed by atoms with Gasteiger partial charge in [0.05, 0.1) is 0 Å². The number of thiocarbonyl (C=S) groups is 1. The van der Waals surface area contributed by atoms with Gasteiger partial charge in [0.1, 0.15) is 0 Å². The van der Waals surface area contributed by atoms with E-state index in [9.17, 15) is 0 Å². The molecule has 2 nitrogen and oxygen atoms in total. The van der Waals surface area contributed by atoms with Crippen LogP contribution in [0, 0.1) is 0 Å². The minimum Gasteiger partial charge on any atom is -0.340 e. The highest BCUT2D eigenvalue weighted by molar-refractivity contribution is 7.80. The van der Waals surface area contributed by atoms with Gasteiger partial charge in [-0.15, -0.1) is 0 Å². The first-order valence-electron chi connectivity index (χ1n) is 3.56. The Balaban J connectivity index is 2.52. The summed E-state index contributed by atoms with van der Waals surface area (Å²) >= 11 is 4.94. The Bertz CT molecular complexity index is 269. The van der Waals surface area contributed by atoms with Crippen molar-refractivity contribution in [3.05, 3.63) is 43.1 Å². The number of benzene rings is 1. The molecule has 0 aliphatic rings. The normalized spacial score (nSPS) is 8.67. The third-order valence-electron chi connectivity index (χ3n) is 1.26. The second-order valence-electron chi connectivity index (χ2n) is 2.17. The minimum absolute atomic E-state index is 0.552. The summed E-state index contributed by atoms with van der Waals surface area (Å²) in [6.07, 6.45) is 1.54. The zero-order valence-corrected chi connectivity index (χ0v) is 7.40. The summed E-state index contributed by atoms with van der Waals surface area (Å²) in [6, 6.07) is 9.72. The zero-order chi connectivity index (χ0) is 8.81. The SMILES string of the molecule is C=CNC(=S)Nc1ccccc1. The van der Waals surface area contributed by atoms with Gasteiger partial charge in [-0.1, -0.05) is 24.8 Å². The lowest BCUT2D eigenvalue weighted by atomic mass is 10.3. The maximum Gasteiger partial charge on any atom is 0.174 e. The van der Waals surface area contributed by atoms with Gasteiger partial charge in [-0.05, 0) is 30.6 Å². The largest absolute Gasteiger partial charge is 0.340 e. The lowest BCUT2D eigenvalue weighted by Gasteiger charge is -2.05. The van der Waals surface area contributed by atoms with Crippen molar-refractivity contribution in [2.24, 2.45) is 0 Å². The van der Waals surface area contributed by atoms with E-state index in [-0.39, 0.29) is 0 Å². The van der Waals surface area contributed by atoms with Gasteiger partial charge in [0.15, 0.2) is 5.11 Å². The van der Waals surface area contributed by atoms with Gasteiger partial charge in [0.2, 0.25) is 0 Å². The lowest BCUT2D eigenvalue weighted by molar-refractivity contribution is 1.31. The van der Waals surface area contributed by atoms with Crippen molar-refractivity contribution in [2.45, 2.75) is 0 Å². The van der Waals surface area contributed by atoms with Crippen LogP contribution in [0.2, 0.25) is 0 Å². The molecule has 0 aromatic heterocycles. The molecule has 0 aliphatic heterocycles. The molecule has 12 heavy (non-hydrogen) atoms. The summed E-state index contributed by atoms with van der Waals surface area (Å²) in [5.41, 5.74) is 0.969. The first kappa shape index (κ1) is 8.74. The minimum atomic E-state index is 0.552. The Morgan fingerprint density at radius 3 is 2.58 bits per heavy atom. The van der Waals surface area contributed by atoms with Gasteiger partial charge in [-0.25, -0.2) is 0 Å². The molecule has 62 valence electrons. The van der Waals surface area contributed by atoms with Crippen LogP contribution >= 0.6 is 12.2 Å². The number of rotatable bonds is 2. The first-order chi connectivity index (χ1) is 5.83. The summed E-state index contributed by atoms with van der Waals surface area (Å²) < 4.78 is 0. The third-order valence-corrected chi connectivity index (χ3v) is 1.48. The highest BCUT2D eigenvalue weighted by atomic mass is 32.1. The summed E-state index contributed by atoms with van der Waals surface area (Å²) in [7, 11) is 0. The second kappa shape index (κ2) is 4.51. The van der Waals surface area contributed by atoms with Crippen molar-refractivity contribution in [1.29, 1.82) is 0 Å². The van der Waals surface area contributed by atoms with E-state index >= 15 is 0 Å². The zero-order valence-electron chi connectivity index (χ0n) is 6.58. The molecule has 0 atom stereocenters. The molecule has 0 saturated heterocycles. The summed E-state index contributed by atoms with van der Waals surface area (Å²) in [5, 5.41) is 6.32. The monoisotopic (exact) mass is 178 g/mol. The number of para-hydroxylation sites is 1. The molecule has 0 radical (unpaired) electrons. The molecule has 1 rings (SSSR count). The van der Waals surface area contributed by atoms with Crippen molar-refractivity contribution in [2.75, 3.05) is 5.32 Å². The molecule has 0 unspecified atom stereocenters. The van der Waals surface area contributed by atoms with Gasteiger partial charge in [-0.2, -0.15) is 0 Å². The maximum absolute atomic E-state index is 4.94. The van der Waals surface area contributed by atoms with E-state index in [1.54, 1.807) is 0 Å². The van der Waals surface area contributed by atoms with Gasteiger partial charge in [0, 0.05) is 5.69 Å². The lowest BCUT2D eigenvalue weighted by Crippen LogP contribution is -2.22. The average molecular weight is 178 g/mol. The molecule has 0 heterocycles. The van der Waals surface area contributed by atoms with Gasteiger partial charge in [0.25, 0.3) is 0 Å². The van der Waals surface area contributed by atoms with Crippen LogP contribution in [0.1, 0.15) is 0 Å². The molecule has 0 fully saturated rings. The fourth-order valence-corrected chi connectivity index (χ4v) is 0.983. The van der Waals surface area contributed by atoms with E-state index in [0.29, 0.717) is 5.11 Å². The molecule has 1 aromatic carbocycles. The van der Waals surface area contributed by atoms with Gasteiger partial charge < -0.3 is 10.6 Å². The van der Waals surface area contributed by atoms with Crippen LogP contribution in [-0.2, 0) is 0 Å². The molecule has 0 amide bonds. The second-order valence-corrected chi connectivity index (χ2v) is 2.58. The Morgan fingerprint density at radius 1 is 1.33 bits per heavy atom. The molecular weight excluding hydrogens is 168 g/mol. The number of anilines is 1. The van der Waals surface area contributed by atoms with E-state index in [1.165, 1.54) is 6.20 Å². The van der Waals surface area contributed by atoms with E-state index in [0.717, 1.165) is 5.69 Å². The van der Waals surface area contributed by atoms with E-state index in [2.05, 4.69) is 17.2 Å². The summed E-state index contributed by atoms with van der Waals surface area (Å²) in [5.74, 6) is 0. The smallest absolute Gasteiger partial charge is 0.174 e. The van der Waals surface area contributed by atoms with Crippen LogP contribution in [-0.4, -0.2) is 5.11 Å². The van der Waals surface area contributed by atoms with Crippen molar-refractivity contribution < 1.29 is 0 Å². The van der Waals surface area contributed by atoms with Crippen LogP contribution < -0.4 is 10.6 Å². The molecule has 0 bridgehead atoms. The predicted molar refractivity (Wildman–Crippen MR) is 56.0 cm³/mol. The molecular formula is C9H10N2S. The summed E-state index contributed by atoms with van der Waals surface area (Å²) in [6.45, 7) is 3.50. The first-order valence-corrected chi connectivity index (χ1v) is 3.97. The Morgan fingerprint density at radius 2 is 2.00 bits per heavy atom. The maximum atomic E-state index is 4.94. The average Bonchev–Trinajstić information content (AvgIpc) is 2.06. The topological polar surface area (TPSA) is 24.1 Å². The fraction of sp³-hybridized carbons (Fsp3) is 0. The fourth-order valence-electron chi connectivity index (χ4n) is 0.781. The Labute approximate surface area is 77.3 Å². The summed E-state index contributed by atoms with van der Waals surface area (Å²) in [4.78, 5) is 0. The number of hydrogen-bond donors (Lipinski definition) is 2. The third kappa shape index (κ3) is 2.72. The number of hydrogen-bond acceptors (Lipinski definition) is 1. The molecule has 0 aliphatic carbocycles. The van der Waals surface area contributed by atoms with Crippen molar-refractivity contribution >= 4 is 23.0 Å². The molecule has 0 saturated carbocycles. The van der Waals surface area contributed by atoms with E-state index < -0.39 is 0 Å². The van der Waals surface area contributed by atoms with Crippen LogP contribution in [0.5, 0.6) is 0 Å². The van der Waals surface area contributed by atoms with Crippen LogP contribution in [0.25, 0.3) is 0 Å². The van der Waals surface area contributed by atoms with Gasteiger partial charge >= 0.3 is 0 Å².